The molecule has 0 aromatic carbocycles. The third-order valence-electron chi connectivity index (χ3n) is 2.46. The Bertz CT molecular complexity index is 319. The summed E-state index contributed by atoms with van der Waals surface area (Å²) in [6, 6.07) is 0.295. The molecule has 0 saturated heterocycles. The summed E-state index contributed by atoms with van der Waals surface area (Å²) in [5.41, 5.74) is 2.40. The second-order valence-electron chi connectivity index (χ2n) is 3.57. The first-order chi connectivity index (χ1) is 8.69. The molecule has 0 heterocycles. The first-order valence-corrected chi connectivity index (χ1v) is 6.15. The minimum atomic E-state index is 0.295. The molecule has 1 nitrogen and oxygen atoms in total. The first kappa shape index (κ1) is 18.8. The Hall–Kier alpha value is -1.60. The highest BCUT2D eigenvalue weighted by Crippen LogP contribution is 2.04. The van der Waals surface area contributed by atoms with Crippen molar-refractivity contribution in [3.8, 4) is 0 Å². The molecule has 0 aliphatic carbocycles. The lowest BCUT2D eigenvalue weighted by atomic mass is 10.1. The summed E-state index contributed by atoms with van der Waals surface area (Å²) in [5, 5.41) is 3.43. The predicted molar refractivity (Wildman–Crippen MR) is 85.8 cm³/mol. The van der Waals surface area contributed by atoms with E-state index in [1.165, 1.54) is 11.1 Å². The molecule has 18 heavy (non-hydrogen) atoms. The van der Waals surface area contributed by atoms with Crippen LogP contribution in [0.4, 0.5) is 0 Å². The lowest BCUT2D eigenvalue weighted by Gasteiger charge is -2.15. The summed E-state index contributed by atoms with van der Waals surface area (Å²) >= 11 is 0. The highest BCUT2D eigenvalue weighted by molar-refractivity contribution is 5.27. The van der Waals surface area contributed by atoms with Crippen LogP contribution in [0.15, 0.2) is 73.9 Å². The van der Waals surface area contributed by atoms with Gasteiger partial charge in [0.15, 0.2) is 0 Å². The van der Waals surface area contributed by atoms with Crippen molar-refractivity contribution >= 4 is 0 Å². The van der Waals surface area contributed by atoms with Crippen molar-refractivity contribution in [2.24, 2.45) is 0 Å². The standard InChI is InChI=1S/C15H23N.C2H4/c1-6-10-11-15(9-4)13(5)16-12-14(7-2)8-3;1-2/h6-11,13,16H,2,4,12H2,1,3,5H3;1-2H2/b10-6-,14-8+,15-11+;. The molecule has 1 atom stereocenters. The SMILES string of the molecule is C=C.C=C/C(=C\C)CNC(C)/C(C=C)=C/C=C\C. The van der Waals surface area contributed by atoms with Crippen molar-refractivity contribution in [1.82, 2.24) is 5.32 Å². The van der Waals surface area contributed by atoms with Gasteiger partial charge in [-0.1, -0.05) is 49.6 Å². The lowest BCUT2D eigenvalue weighted by Crippen LogP contribution is -2.28. The van der Waals surface area contributed by atoms with E-state index in [9.17, 15) is 0 Å². The molecular weight excluding hydrogens is 218 g/mol. The third kappa shape index (κ3) is 8.54. The number of hydrogen-bond acceptors (Lipinski definition) is 1. The number of nitrogens with one attached hydrogen (secondary N) is 1. The van der Waals surface area contributed by atoms with Gasteiger partial charge in [0.05, 0.1) is 0 Å². The van der Waals surface area contributed by atoms with Crippen molar-refractivity contribution in [2.45, 2.75) is 26.8 Å². The van der Waals surface area contributed by atoms with Gasteiger partial charge in [0.25, 0.3) is 0 Å². The molecule has 0 rings (SSSR count). The molecule has 0 aromatic heterocycles. The summed E-state index contributed by atoms with van der Waals surface area (Å²) in [7, 11) is 0. The summed E-state index contributed by atoms with van der Waals surface area (Å²) in [4.78, 5) is 0. The Balaban J connectivity index is 0. The van der Waals surface area contributed by atoms with Gasteiger partial charge in [-0.25, -0.2) is 0 Å². The molecule has 0 aromatic rings. The zero-order valence-electron chi connectivity index (χ0n) is 12.1. The normalized spacial score (nSPS) is 13.7. The van der Waals surface area contributed by atoms with Crippen molar-refractivity contribution in [2.75, 3.05) is 6.54 Å². The van der Waals surface area contributed by atoms with Gasteiger partial charge >= 0.3 is 0 Å². The first-order valence-electron chi connectivity index (χ1n) is 6.15. The molecule has 0 radical (unpaired) electrons. The zero-order valence-corrected chi connectivity index (χ0v) is 12.1. The molecule has 0 aliphatic rings. The van der Waals surface area contributed by atoms with Crippen LogP contribution in [0.25, 0.3) is 0 Å². The van der Waals surface area contributed by atoms with Crippen LogP contribution in [0, 0.1) is 0 Å². The second-order valence-corrected chi connectivity index (χ2v) is 3.57. The van der Waals surface area contributed by atoms with Crippen LogP contribution >= 0.6 is 0 Å². The second kappa shape index (κ2) is 13.5. The van der Waals surface area contributed by atoms with Crippen molar-refractivity contribution < 1.29 is 0 Å². The van der Waals surface area contributed by atoms with E-state index >= 15 is 0 Å². The third-order valence-corrected chi connectivity index (χ3v) is 2.46. The zero-order chi connectivity index (χ0) is 14.4. The highest BCUT2D eigenvalue weighted by atomic mass is 14.9. The highest BCUT2D eigenvalue weighted by Gasteiger charge is 2.03. The Morgan fingerprint density at radius 1 is 1.17 bits per heavy atom. The van der Waals surface area contributed by atoms with Gasteiger partial charge in [0.1, 0.15) is 0 Å². The van der Waals surface area contributed by atoms with E-state index in [-0.39, 0.29) is 0 Å². The Labute approximate surface area is 113 Å². The van der Waals surface area contributed by atoms with E-state index < -0.39 is 0 Å². The molecule has 1 N–H and O–H groups in total. The van der Waals surface area contributed by atoms with Crippen molar-refractivity contribution in [3.63, 3.8) is 0 Å². The number of hydrogen-bond donors (Lipinski definition) is 1. The molecule has 1 unspecified atom stereocenters. The van der Waals surface area contributed by atoms with Crippen molar-refractivity contribution in [1.29, 1.82) is 0 Å². The smallest absolute Gasteiger partial charge is 0.0294 e. The number of rotatable bonds is 7. The molecule has 0 bridgehead atoms. The molecule has 0 amide bonds. The van der Waals surface area contributed by atoms with Gasteiger partial charge in [-0.3, -0.25) is 0 Å². The van der Waals surface area contributed by atoms with Gasteiger partial charge in [0, 0.05) is 12.6 Å². The molecule has 0 aliphatic heterocycles. The maximum absolute atomic E-state index is 3.83. The van der Waals surface area contributed by atoms with Crippen LogP contribution in [0.3, 0.4) is 0 Å². The van der Waals surface area contributed by atoms with E-state index in [4.69, 9.17) is 0 Å². The molecule has 100 valence electrons. The molecule has 0 saturated carbocycles. The Kier molecular flexibility index (Phi) is 14.0. The Morgan fingerprint density at radius 2 is 1.78 bits per heavy atom. The van der Waals surface area contributed by atoms with E-state index in [2.05, 4.69) is 50.7 Å². The monoisotopic (exact) mass is 245 g/mol. The van der Waals surface area contributed by atoms with Crippen LogP contribution in [0.2, 0.25) is 0 Å². The molecular formula is C17H27N. The maximum atomic E-state index is 3.83. The van der Waals surface area contributed by atoms with Gasteiger partial charge < -0.3 is 5.32 Å². The lowest BCUT2D eigenvalue weighted by molar-refractivity contribution is 0.657. The van der Waals surface area contributed by atoms with Gasteiger partial charge in [-0.05, 0) is 31.9 Å². The Morgan fingerprint density at radius 3 is 2.17 bits per heavy atom. The van der Waals surface area contributed by atoms with E-state index in [1.807, 2.05) is 38.2 Å². The summed E-state index contributed by atoms with van der Waals surface area (Å²) in [6.07, 6.45) is 11.9. The summed E-state index contributed by atoms with van der Waals surface area (Å²) < 4.78 is 0. The minimum absolute atomic E-state index is 0.295. The topological polar surface area (TPSA) is 12.0 Å². The van der Waals surface area contributed by atoms with Gasteiger partial charge in [-0.2, -0.15) is 0 Å². The number of allylic oxidation sites excluding steroid dienone is 4. The fourth-order valence-electron chi connectivity index (χ4n) is 1.28. The van der Waals surface area contributed by atoms with E-state index in [0.29, 0.717) is 6.04 Å². The molecule has 1 heteroatoms. The minimum Gasteiger partial charge on any atom is -0.306 e. The van der Waals surface area contributed by atoms with Crippen LogP contribution in [0.1, 0.15) is 20.8 Å². The van der Waals surface area contributed by atoms with E-state index in [1.54, 1.807) is 0 Å². The average Bonchev–Trinajstić information content (AvgIpc) is 2.43. The van der Waals surface area contributed by atoms with Crippen LogP contribution in [-0.2, 0) is 0 Å². The van der Waals surface area contributed by atoms with Crippen LogP contribution in [0.5, 0.6) is 0 Å². The van der Waals surface area contributed by atoms with Crippen molar-refractivity contribution in [3.05, 3.63) is 73.9 Å². The van der Waals surface area contributed by atoms with Crippen LogP contribution < -0.4 is 5.32 Å². The average molecular weight is 245 g/mol. The largest absolute Gasteiger partial charge is 0.306 e. The molecule has 0 spiro atoms. The van der Waals surface area contributed by atoms with Crippen LogP contribution in [-0.4, -0.2) is 12.6 Å². The summed E-state index contributed by atoms with van der Waals surface area (Å²) in [6.45, 7) is 20.6. The predicted octanol–water partition coefficient (Wildman–Crippen LogP) is 4.59. The van der Waals surface area contributed by atoms with E-state index in [0.717, 1.165) is 6.54 Å². The van der Waals surface area contributed by atoms with Gasteiger partial charge in [0.2, 0.25) is 0 Å². The van der Waals surface area contributed by atoms with Gasteiger partial charge in [-0.15, -0.1) is 13.2 Å². The maximum Gasteiger partial charge on any atom is 0.0294 e. The quantitative estimate of drug-likeness (QED) is 0.511. The fraction of sp³-hybridized carbons (Fsp3) is 0.294. The summed E-state index contributed by atoms with van der Waals surface area (Å²) in [5.74, 6) is 0. The fourth-order valence-corrected chi connectivity index (χ4v) is 1.28. The molecule has 0 fully saturated rings.